The number of para-hydroxylation sites is 1. The van der Waals surface area contributed by atoms with Crippen LogP contribution in [0.5, 0.6) is 0 Å². The summed E-state index contributed by atoms with van der Waals surface area (Å²) in [6, 6.07) is 13.6. The van der Waals surface area contributed by atoms with Gasteiger partial charge in [-0.25, -0.2) is 8.42 Å². The molecule has 1 saturated heterocycles. The Balaban J connectivity index is 1.70. The number of piperidine rings is 1. The van der Waals surface area contributed by atoms with Gasteiger partial charge in [-0.1, -0.05) is 43.2 Å². The van der Waals surface area contributed by atoms with Crippen molar-refractivity contribution < 1.29 is 18.0 Å². The lowest BCUT2D eigenvalue weighted by molar-refractivity contribution is -0.120. The Kier molecular flexibility index (Phi) is 8.04. The number of nitrogens with zero attached hydrogens (tertiary/aromatic N) is 1. The predicted octanol–water partition coefficient (Wildman–Crippen LogP) is 3.56. The maximum atomic E-state index is 13.0. The molecule has 0 unspecified atom stereocenters. The molecule has 1 aliphatic rings. The lowest BCUT2D eigenvalue weighted by Crippen LogP contribution is -2.43. The third kappa shape index (κ3) is 5.75. The van der Waals surface area contributed by atoms with Crippen molar-refractivity contribution in [1.29, 1.82) is 0 Å². The van der Waals surface area contributed by atoms with Gasteiger partial charge in [0, 0.05) is 19.6 Å². The summed E-state index contributed by atoms with van der Waals surface area (Å²) in [5.41, 5.74) is 1.82. The molecule has 2 N–H and O–H groups in total. The summed E-state index contributed by atoms with van der Waals surface area (Å²) in [7, 11) is -3.66. The highest BCUT2D eigenvalue weighted by Gasteiger charge is 2.33. The van der Waals surface area contributed by atoms with E-state index in [4.69, 9.17) is 0 Å². The van der Waals surface area contributed by atoms with Gasteiger partial charge in [0.25, 0.3) is 5.91 Å². The molecule has 0 bridgehead atoms. The lowest BCUT2D eigenvalue weighted by atomic mass is 9.98. The molecule has 2 aromatic carbocycles. The Bertz CT molecular complexity index is 1050. The Hall–Kier alpha value is -2.71. The minimum atomic E-state index is -3.66. The van der Waals surface area contributed by atoms with Crippen LogP contribution in [0.4, 0.5) is 5.69 Å². The van der Waals surface area contributed by atoms with E-state index in [-0.39, 0.29) is 23.3 Å². The number of hydrogen-bond acceptors (Lipinski definition) is 4. The third-order valence-corrected chi connectivity index (χ3v) is 7.54. The van der Waals surface area contributed by atoms with Crippen LogP contribution in [0.3, 0.4) is 0 Å². The molecule has 1 heterocycles. The van der Waals surface area contributed by atoms with Crippen molar-refractivity contribution in [2.45, 2.75) is 44.4 Å². The fourth-order valence-corrected chi connectivity index (χ4v) is 5.26. The first-order chi connectivity index (χ1) is 15.3. The van der Waals surface area contributed by atoms with Gasteiger partial charge in [-0.15, -0.1) is 0 Å². The zero-order chi connectivity index (χ0) is 23.1. The van der Waals surface area contributed by atoms with Crippen molar-refractivity contribution in [3.8, 4) is 0 Å². The van der Waals surface area contributed by atoms with Crippen molar-refractivity contribution in [1.82, 2.24) is 9.62 Å². The van der Waals surface area contributed by atoms with E-state index in [1.54, 1.807) is 48.5 Å². The summed E-state index contributed by atoms with van der Waals surface area (Å²) in [5, 5.41) is 5.71. The fourth-order valence-electron chi connectivity index (χ4n) is 3.73. The molecule has 2 amide bonds. The maximum absolute atomic E-state index is 13.0. The lowest BCUT2D eigenvalue weighted by Gasteiger charge is -2.31. The van der Waals surface area contributed by atoms with E-state index in [0.717, 1.165) is 18.4 Å². The van der Waals surface area contributed by atoms with E-state index in [1.807, 2.05) is 13.8 Å². The Morgan fingerprint density at radius 3 is 2.53 bits per heavy atom. The SMILES string of the molecule is CCCCNC(=O)c1ccccc1NC(=O)[C@@H]1CCCN(S(=O)(=O)c2ccc(C)cc2)C1. The molecule has 8 heteroatoms. The molecule has 172 valence electrons. The summed E-state index contributed by atoms with van der Waals surface area (Å²) in [6.45, 7) is 5.03. The largest absolute Gasteiger partial charge is 0.352 e. The van der Waals surface area contributed by atoms with Gasteiger partial charge in [-0.05, 0) is 50.5 Å². The molecule has 1 atom stereocenters. The van der Waals surface area contributed by atoms with Crippen LogP contribution in [-0.2, 0) is 14.8 Å². The number of carbonyl (C=O) groups is 2. The van der Waals surface area contributed by atoms with Gasteiger partial charge in [-0.2, -0.15) is 4.31 Å². The van der Waals surface area contributed by atoms with Crippen molar-refractivity contribution >= 4 is 27.5 Å². The molecule has 0 saturated carbocycles. The van der Waals surface area contributed by atoms with Gasteiger partial charge in [0.2, 0.25) is 15.9 Å². The van der Waals surface area contributed by atoms with E-state index >= 15 is 0 Å². The quantitative estimate of drug-likeness (QED) is 0.593. The fraction of sp³-hybridized carbons (Fsp3) is 0.417. The summed E-state index contributed by atoms with van der Waals surface area (Å²) < 4.78 is 27.5. The molecule has 0 radical (unpaired) electrons. The number of rotatable bonds is 8. The summed E-state index contributed by atoms with van der Waals surface area (Å²) in [5.74, 6) is -0.996. The average molecular weight is 458 g/mol. The van der Waals surface area contributed by atoms with Crippen LogP contribution in [0, 0.1) is 12.8 Å². The van der Waals surface area contributed by atoms with E-state index in [0.29, 0.717) is 37.2 Å². The van der Waals surface area contributed by atoms with Crippen LogP contribution in [0.25, 0.3) is 0 Å². The third-order valence-electron chi connectivity index (χ3n) is 5.66. The highest BCUT2D eigenvalue weighted by atomic mass is 32.2. The Labute approximate surface area is 190 Å². The number of aryl methyl sites for hydroxylation is 1. The summed E-state index contributed by atoms with van der Waals surface area (Å²) in [4.78, 5) is 25.7. The molecule has 1 aliphatic heterocycles. The molecule has 0 aromatic heterocycles. The maximum Gasteiger partial charge on any atom is 0.253 e. The number of sulfonamides is 1. The van der Waals surface area contributed by atoms with Crippen LogP contribution < -0.4 is 10.6 Å². The molecule has 0 aliphatic carbocycles. The normalized spacial score (nSPS) is 17.0. The van der Waals surface area contributed by atoms with Crippen LogP contribution in [0.15, 0.2) is 53.4 Å². The van der Waals surface area contributed by atoms with Gasteiger partial charge in [0.1, 0.15) is 0 Å². The topological polar surface area (TPSA) is 95.6 Å². The Morgan fingerprint density at radius 1 is 1.09 bits per heavy atom. The molecular formula is C24H31N3O4S. The van der Waals surface area contributed by atoms with Crippen molar-refractivity contribution in [3.63, 3.8) is 0 Å². The molecule has 3 rings (SSSR count). The van der Waals surface area contributed by atoms with E-state index in [9.17, 15) is 18.0 Å². The molecular weight excluding hydrogens is 426 g/mol. The van der Waals surface area contributed by atoms with Gasteiger partial charge in [0.05, 0.1) is 22.1 Å². The zero-order valence-electron chi connectivity index (χ0n) is 18.6. The first-order valence-electron chi connectivity index (χ1n) is 11.1. The molecule has 1 fully saturated rings. The van der Waals surface area contributed by atoms with Crippen LogP contribution in [-0.4, -0.2) is 44.2 Å². The minimum Gasteiger partial charge on any atom is -0.352 e. The molecule has 0 spiro atoms. The van der Waals surface area contributed by atoms with Gasteiger partial charge < -0.3 is 10.6 Å². The highest BCUT2D eigenvalue weighted by molar-refractivity contribution is 7.89. The highest BCUT2D eigenvalue weighted by Crippen LogP contribution is 2.25. The first-order valence-corrected chi connectivity index (χ1v) is 12.5. The number of anilines is 1. The number of benzene rings is 2. The van der Waals surface area contributed by atoms with E-state index < -0.39 is 15.9 Å². The smallest absolute Gasteiger partial charge is 0.253 e. The van der Waals surface area contributed by atoms with E-state index in [1.165, 1.54) is 4.31 Å². The summed E-state index contributed by atoms with van der Waals surface area (Å²) >= 11 is 0. The second kappa shape index (κ2) is 10.7. The van der Waals surface area contributed by atoms with Crippen molar-refractivity contribution in [2.75, 3.05) is 25.0 Å². The number of unbranched alkanes of at least 4 members (excludes halogenated alkanes) is 1. The average Bonchev–Trinajstić information content (AvgIpc) is 2.80. The Morgan fingerprint density at radius 2 is 1.81 bits per heavy atom. The zero-order valence-corrected chi connectivity index (χ0v) is 19.5. The van der Waals surface area contributed by atoms with Crippen LogP contribution in [0.1, 0.15) is 48.5 Å². The number of carbonyl (C=O) groups excluding carboxylic acids is 2. The number of amides is 2. The van der Waals surface area contributed by atoms with Crippen molar-refractivity contribution in [3.05, 3.63) is 59.7 Å². The molecule has 7 nitrogen and oxygen atoms in total. The van der Waals surface area contributed by atoms with E-state index in [2.05, 4.69) is 10.6 Å². The van der Waals surface area contributed by atoms with Gasteiger partial charge in [0.15, 0.2) is 0 Å². The molecule has 32 heavy (non-hydrogen) atoms. The minimum absolute atomic E-state index is 0.118. The van der Waals surface area contributed by atoms with Crippen molar-refractivity contribution in [2.24, 2.45) is 5.92 Å². The van der Waals surface area contributed by atoms with Gasteiger partial charge >= 0.3 is 0 Å². The van der Waals surface area contributed by atoms with Crippen LogP contribution >= 0.6 is 0 Å². The number of nitrogens with one attached hydrogen (secondary N) is 2. The van der Waals surface area contributed by atoms with Crippen LogP contribution in [0.2, 0.25) is 0 Å². The second-order valence-corrected chi connectivity index (χ2v) is 10.1. The second-order valence-electron chi connectivity index (χ2n) is 8.16. The predicted molar refractivity (Wildman–Crippen MR) is 125 cm³/mol. The van der Waals surface area contributed by atoms with Gasteiger partial charge in [-0.3, -0.25) is 9.59 Å². The standard InChI is InChI=1S/C24H31N3O4S/c1-3-4-15-25-24(29)21-9-5-6-10-22(21)26-23(28)19-8-7-16-27(17-19)32(30,31)20-13-11-18(2)12-14-20/h5-6,9-14,19H,3-4,7-8,15-17H2,1-2H3,(H,25,29)(H,26,28)/t19-/m1/s1. The number of hydrogen-bond donors (Lipinski definition) is 2. The first kappa shape index (κ1) is 23.9. The molecule has 2 aromatic rings. The monoisotopic (exact) mass is 457 g/mol. The summed E-state index contributed by atoms with van der Waals surface area (Å²) in [6.07, 6.45) is 3.05.